The molecule has 0 radical (unpaired) electrons. The molecule has 3 nitrogen and oxygen atoms in total. The summed E-state index contributed by atoms with van der Waals surface area (Å²) in [5, 5.41) is 7.09. The van der Waals surface area contributed by atoms with Gasteiger partial charge in [0, 0.05) is 13.2 Å². The summed E-state index contributed by atoms with van der Waals surface area (Å²) in [6, 6.07) is 0. The number of nitrogens with one attached hydrogen (secondary N) is 2. The first-order valence-corrected chi connectivity index (χ1v) is 6.50. The first kappa shape index (κ1) is 12.9. The molecule has 3 heteroatoms. The molecule has 1 rings (SSSR count). The van der Waals surface area contributed by atoms with E-state index in [-0.39, 0.29) is 5.66 Å². The number of hydrogen-bond acceptors (Lipinski definition) is 3. The molecule has 15 heavy (non-hydrogen) atoms. The summed E-state index contributed by atoms with van der Waals surface area (Å²) >= 11 is 0. The average molecular weight is 213 g/mol. The van der Waals surface area contributed by atoms with Gasteiger partial charge in [0.2, 0.25) is 0 Å². The Bertz CT molecular complexity index is 157. The lowest BCUT2D eigenvalue weighted by Crippen LogP contribution is -2.67. The standard InChI is InChI=1S/C12H27N3/c1-4-7-12(8-5-2)14-10-13-11-15(12)9-6-3/h13-14H,4-11H2,1-3H3. The van der Waals surface area contributed by atoms with E-state index < -0.39 is 0 Å². The Hall–Kier alpha value is -0.120. The third-order valence-electron chi connectivity index (χ3n) is 3.27. The van der Waals surface area contributed by atoms with Gasteiger partial charge < -0.3 is 0 Å². The normalized spacial score (nSPS) is 21.8. The van der Waals surface area contributed by atoms with E-state index in [1.807, 2.05) is 0 Å². The van der Waals surface area contributed by atoms with Crippen LogP contribution in [0.1, 0.15) is 52.9 Å². The van der Waals surface area contributed by atoms with Crippen molar-refractivity contribution in [2.45, 2.75) is 58.5 Å². The molecule has 0 aromatic rings. The summed E-state index contributed by atoms with van der Waals surface area (Å²) in [6.07, 6.45) is 6.28. The van der Waals surface area contributed by atoms with Crippen LogP contribution in [0.2, 0.25) is 0 Å². The number of rotatable bonds is 6. The lowest BCUT2D eigenvalue weighted by Gasteiger charge is -2.48. The van der Waals surface area contributed by atoms with Gasteiger partial charge in [-0.2, -0.15) is 0 Å². The molecule has 0 amide bonds. The van der Waals surface area contributed by atoms with Crippen molar-refractivity contribution in [2.75, 3.05) is 19.9 Å². The van der Waals surface area contributed by atoms with Gasteiger partial charge in [-0.25, -0.2) is 0 Å². The molecule has 1 aliphatic heterocycles. The van der Waals surface area contributed by atoms with Gasteiger partial charge in [0.25, 0.3) is 0 Å². The van der Waals surface area contributed by atoms with E-state index >= 15 is 0 Å². The van der Waals surface area contributed by atoms with Crippen LogP contribution in [0.4, 0.5) is 0 Å². The van der Waals surface area contributed by atoms with Crippen LogP contribution in [-0.2, 0) is 0 Å². The van der Waals surface area contributed by atoms with Crippen molar-refractivity contribution >= 4 is 0 Å². The van der Waals surface area contributed by atoms with Crippen LogP contribution in [0.15, 0.2) is 0 Å². The molecule has 0 spiro atoms. The summed E-state index contributed by atoms with van der Waals surface area (Å²) in [5.74, 6) is 0. The van der Waals surface area contributed by atoms with Crippen molar-refractivity contribution in [2.24, 2.45) is 0 Å². The van der Waals surface area contributed by atoms with Crippen LogP contribution in [-0.4, -0.2) is 30.4 Å². The minimum absolute atomic E-state index is 0.269. The van der Waals surface area contributed by atoms with Gasteiger partial charge in [-0.1, -0.05) is 33.6 Å². The average Bonchev–Trinajstić information content (AvgIpc) is 2.23. The topological polar surface area (TPSA) is 27.3 Å². The molecular formula is C12H27N3. The van der Waals surface area contributed by atoms with Crippen LogP contribution >= 0.6 is 0 Å². The second kappa shape index (κ2) is 6.46. The SMILES string of the molecule is CCCN1CNCNC1(CCC)CCC. The first-order valence-electron chi connectivity index (χ1n) is 6.50. The van der Waals surface area contributed by atoms with Gasteiger partial charge in [0.1, 0.15) is 0 Å². The summed E-state index contributed by atoms with van der Waals surface area (Å²) in [4.78, 5) is 2.59. The van der Waals surface area contributed by atoms with E-state index in [4.69, 9.17) is 0 Å². The molecule has 90 valence electrons. The largest absolute Gasteiger partial charge is 0.292 e. The lowest BCUT2D eigenvalue weighted by molar-refractivity contribution is -0.00239. The fraction of sp³-hybridized carbons (Fsp3) is 1.00. The summed E-state index contributed by atoms with van der Waals surface area (Å²) in [5.41, 5.74) is 0.269. The Morgan fingerprint density at radius 1 is 1.07 bits per heavy atom. The molecule has 1 saturated heterocycles. The van der Waals surface area contributed by atoms with Crippen LogP contribution in [0.25, 0.3) is 0 Å². The Morgan fingerprint density at radius 2 is 1.73 bits per heavy atom. The minimum Gasteiger partial charge on any atom is -0.292 e. The molecule has 0 aromatic heterocycles. The van der Waals surface area contributed by atoms with E-state index in [1.54, 1.807) is 0 Å². The number of nitrogens with zero attached hydrogens (tertiary/aromatic N) is 1. The zero-order chi connectivity index (χ0) is 11.1. The summed E-state index contributed by atoms with van der Waals surface area (Å²) in [7, 11) is 0. The molecule has 0 aliphatic carbocycles. The fourth-order valence-electron chi connectivity index (χ4n) is 2.69. The molecule has 2 N–H and O–H groups in total. The van der Waals surface area contributed by atoms with Crippen molar-refractivity contribution in [3.8, 4) is 0 Å². The molecule has 0 bridgehead atoms. The van der Waals surface area contributed by atoms with Gasteiger partial charge in [0.15, 0.2) is 0 Å². The third kappa shape index (κ3) is 3.16. The van der Waals surface area contributed by atoms with Gasteiger partial charge in [0.05, 0.1) is 12.3 Å². The van der Waals surface area contributed by atoms with Gasteiger partial charge in [-0.3, -0.25) is 15.5 Å². The van der Waals surface area contributed by atoms with Crippen molar-refractivity contribution in [1.82, 2.24) is 15.5 Å². The zero-order valence-corrected chi connectivity index (χ0v) is 10.6. The minimum atomic E-state index is 0.269. The van der Waals surface area contributed by atoms with E-state index in [0.29, 0.717) is 0 Å². The maximum Gasteiger partial charge on any atom is 0.0732 e. The highest BCUT2D eigenvalue weighted by Crippen LogP contribution is 2.25. The van der Waals surface area contributed by atoms with Crippen LogP contribution in [0.5, 0.6) is 0 Å². The Balaban J connectivity index is 2.68. The molecule has 1 aliphatic rings. The van der Waals surface area contributed by atoms with E-state index in [2.05, 4.69) is 36.3 Å². The van der Waals surface area contributed by atoms with Crippen LogP contribution < -0.4 is 10.6 Å². The first-order chi connectivity index (χ1) is 7.29. The highest BCUT2D eigenvalue weighted by molar-refractivity contribution is 4.89. The summed E-state index contributed by atoms with van der Waals surface area (Å²) < 4.78 is 0. The van der Waals surface area contributed by atoms with E-state index in [9.17, 15) is 0 Å². The van der Waals surface area contributed by atoms with E-state index in [1.165, 1.54) is 38.6 Å². The Kier molecular flexibility index (Phi) is 5.58. The predicted molar refractivity (Wildman–Crippen MR) is 65.5 cm³/mol. The van der Waals surface area contributed by atoms with Gasteiger partial charge >= 0.3 is 0 Å². The maximum atomic E-state index is 3.68. The van der Waals surface area contributed by atoms with Crippen LogP contribution in [0, 0.1) is 0 Å². The molecule has 0 aromatic carbocycles. The molecular weight excluding hydrogens is 186 g/mol. The van der Waals surface area contributed by atoms with Crippen molar-refractivity contribution in [3.63, 3.8) is 0 Å². The fourth-order valence-corrected chi connectivity index (χ4v) is 2.69. The lowest BCUT2D eigenvalue weighted by atomic mass is 9.95. The van der Waals surface area contributed by atoms with Crippen LogP contribution in [0.3, 0.4) is 0 Å². The molecule has 1 fully saturated rings. The second-order valence-corrected chi connectivity index (χ2v) is 4.56. The highest BCUT2D eigenvalue weighted by atomic mass is 15.4. The van der Waals surface area contributed by atoms with Crippen molar-refractivity contribution in [3.05, 3.63) is 0 Å². The molecule has 0 atom stereocenters. The molecule has 0 unspecified atom stereocenters. The van der Waals surface area contributed by atoms with Crippen molar-refractivity contribution in [1.29, 1.82) is 0 Å². The summed E-state index contributed by atoms with van der Waals surface area (Å²) in [6.45, 7) is 10.0. The van der Waals surface area contributed by atoms with Crippen molar-refractivity contribution < 1.29 is 0 Å². The predicted octanol–water partition coefficient (Wildman–Crippen LogP) is 2.10. The third-order valence-corrected chi connectivity index (χ3v) is 3.27. The Morgan fingerprint density at radius 3 is 2.27 bits per heavy atom. The maximum absolute atomic E-state index is 3.68. The monoisotopic (exact) mass is 213 g/mol. The van der Waals surface area contributed by atoms with E-state index in [0.717, 1.165) is 13.3 Å². The Labute approximate surface area is 94.6 Å². The molecule has 1 heterocycles. The quantitative estimate of drug-likeness (QED) is 0.707. The second-order valence-electron chi connectivity index (χ2n) is 4.56. The highest BCUT2D eigenvalue weighted by Gasteiger charge is 2.35. The van der Waals surface area contributed by atoms with Gasteiger partial charge in [-0.15, -0.1) is 0 Å². The smallest absolute Gasteiger partial charge is 0.0732 e. The van der Waals surface area contributed by atoms with Gasteiger partial charge in [-0.05, 0) is 19.3 Å². The number of hydrogen-bond donors (Lipinski definition) is 2. The zero-order valence-electron chi connectivity index (χ0n) is 10.6. The molecule has 0 saturated carbocycles.